The standard InChI is InChI=1S/C20H14Cl3N3O2S/c1-25-18(27)15(10-24)20-26(14-5-2-12(21)3-6-14)19(28)17(29-20)9-11-8-13(22)4-7-16(11)23/h2-8,17H,9H2,1H3,(H,25,27). The average molecular weight is 467 g/mol. The maximum absolute atomic E-state index is 13.3. The van der Waals surface area contributed by atoms with Gasteiger partial charge in [-0.1, -0.05) is 46.6 Å². The largest absolute Gasteiger partial charge is 0.354 e. The molecule has 1 N–H and O–H groups in total. The molecule has 1 fully saturated rings. The minimum atomic E-state index is -0.579. The summed E-state index contributed by atoms with van der Waals surface area (Å²) >= 11 is 19.4. The fourth-order valence-electron chi connectivity index (χ4n) is 2.84. The second-order valence-electron chi connectivity index (χ2n) is 6.07. The van der Waals surface area contributed by atoms with Crippen LogP contribution in [0.2, 0.25) is 15.1 Å². The Hall–Kier alpha value is -2.17. The van der Waals surface area contributed by atoms with Gasteiger partial charge in [0.2, 0.25) is 5.91 Å². The van der Waals surface area contributed by atoms with E-state index in [-0.39, 0.29) is 16.5 Å². The molecule has 9 heteroatoms. The number of carbonyl (C=O) groups excluding carboxylic acids is 2. The van der Waals surface area contributed by atoms with Crippen LogP contribution in [0.4, 0.5) is 5.69 Å². The minimum Gasteiger partial charge on any atom is -0.354 e. The fraction of sp³-hybridized carbons (Fsp3) is 0.150. The molecule has 5 nitrogen and oxygen atoms in total. The lowest BCUT2D eigenvalue weighted by molar-refractivity contribution is -0.117. The number of benzene rings is 2. The molecule has 0 saturated carbocycles. The summed E-state index contributed by atoms with van der Waals surface area (Å²) < 4.78 is 0. The zero-order valence-corrected chi connectivity index (χ0v) is 18.2. The smallest absolute Gasteiger partial charge is 0.264 e. The van der Waals surface area contributed by atoms with E-state index in [2.05, 4.69) is 5.32 Å². The molecular weight excluding hydrogens is 453 g/mol. The van der Waals surface area contributed by atoms with Gasteiger partial charge < -0.3 is 5.32 Å². The third-order valence-electron chi connectivity index (χ3n) is 4.23. The molecule has 0 spiro atoms. The molecular formula is C20H14Cl3N3O2S. The molecule has 1 saturated heterocycles. The first kappa shape index (κ1) is 21.5. The van der Waals surface area contributed by atoms with Crippen LogP contribution in [0.5, 0.6) is 0 Å². The molecule has 3 rings (SSSR count). The molecule has 1 unspecified atom stereocenters. The quantitative estimate of drug-likeness (QED) is 0.518. The average Bonchev–Trinajstić information content (AvgIpc) is 3.01. The van der Waals surface area contributed by atoms with Crippen LogP contribution < -0.4 is 10.2 Å². The summed E-state index contributed by atoms with van der Waals surface area (Å²) in [6.07, 6.45) is 0.295. The van der Waals surface area contributed by atoms with Crippen LogP contribution in [0, 0.1) is 11.3 Å². The number of nitrogens with one attached hydrogen (secondary N) is 1. The molecule has 1 heterocycles. The molecule has 1 aliphatic heterocycles. The number of rotatable bonds is 4. The first-order valence-corrected chi connectivity index (χ1v) is 10.4. The van der Waals surface area contributed by atoms with Crippen LogP contribution in [0.15, 0.2) is 53.1 Å². The maximum Gasteiger partial charge on any atom is 0.264 e. The van der Waals surface area contributed by atoms with E-state index in [1.807, 2.05) is 6.07 Å². The monoisotopic (exact) mass is 465 g/mol. The Bertz CT molecular complexity index is 1050. The maximum atomic E-state index is 13.3. The predicted molar refractivity (Wildman–Crippen MR) is 117 cm³/mol. The predicted octanol–water partition coefficient (Wildman–Crippen LogP) is 4.82. The number of hydrogen-bond acceptors (Lipinski definition) is 4. The third kappa shape index (κ3) is 4.54. The molecule has 148 valence electrons. The highest BCUT2D eigenvalue weighted by molar-refractivity contribution is 8.05. The van der Waals surface area contributed by atoms with Crippen LogP contribution in [0.25, 0.3) is 0 Å². The summed E-state index contributed by atoms with van der Waals surface area (Å²) in [7, 11) is 1.43. The molecule has 1 aliphatic rings. The van der Waals surface area contributed by atoms with E-state index in [9.17, 15) is 14.9 Å². The van der Waals surface area contributed by atoms with Crippen molar-refractivity contribution in [2.45, 2.75) is 11.7 Å². The van der Waals surface area contributed by atoms with E-state index in [4.69, 9.17) is 34.8 Å². The number of anilines is 1. The van der Waals surface area contributed by atoms with Crippen molar-refractivity contribution < 1.29 is 9.59 Å². The first-order chi connectivity index (χ1) is 13.8. The highest BCUT2D eigenvalue weighted by Crippen LogP contribution is 2.42. The SMILES string of the molecule is CNC(=O)C(C#N)=C1SC(Cc2cc(Cl)ccc2Cl)C(=O)N1c1ccc(Cl)cc1. The summed E-state index contributed by atoms with van der Waals surface area (Å²) in [5.41, 5.74) is 1.08. The van der Waals surface area contributed by atoms with E-state index >= 15 is 0 Å². The van der Waals surface area contributed by atoms with E-state index in [1.54, 1.807) is 42.5 Å². The molecule has 2 amide bonds. The Morgan fingerprint density at radius 2 is 1.83 bits per heavy atom. The van der Waals surface area contributed by atoms with Crippen molar-refractivity contribution in [3.63, 3.8) is 0 Å². The zero-order chi connectivity index (χ0) is 21.1. The van der Waals surface area contributed by atoms with Gasteiger partial charge in [-0.15, -0.1) is 0 Å². The van der Waals surface area contributed by atoms with Gasteiger partial charge in [-0.2, -0.15) is 5.26 Å². The van der Waals surface area contributed by atoms with Crippen molar-refractivity contribution in [2.75, 3.05) is 11.9 Å². The van der Waals surface area contributed by atoms with E-state index in [1.165, 1.54) is 11.9 Å². The molecule has 2 aromatic rings. The van der Waals surface area contributed by atoms with Gasteiger partial charge in [0.05, 0.1) is 5.25 Å². The second kappa shape index (κ2) is 9.10. The summed E-state index contributed by atoms with van der Waals surface area (Å²) in [6, 6.07) is 13.6. The Labute approximate surface area is 187 Å². The van der Waals surface area contributed by atoms with Gasteiger partial charge in [0, 0.05) is 27.8 Å². The highest BCUT2D eigenvalue weighted by Gasteiger charge is 2.40. The Balaban J connectivity index is 2.06. The van der Waals surface area contributed by atoms with Gasteiger partial charge in [-0.05, 0) is 54.4 Å². The van der Waals surface area contributed by atoms with Gasteiger partial charge in [0.25, 0.3) is 5.91 Å². The fourth-order valence-corrected chi connectivity index (χ4v) is 4.65. The van der Waals surface area contributed by atoms with Crippen molar-refractivity contribution in [3.05, 3.63) is 73.7 Å². The molecule has 2 aromatic carbocycles. The Morgan fingerprint density at radius 1 is 1.17 bits per heavy atom. The van der Waals surface area contributed by atoms with Crippen LogP contribution in [0.3, 0.4) is 0 Å². The lowest BCUT2D eigenvalue weighted by atomic mass is 10.1. The minimum absolute atomic E-state index is 0.138. The van der Waals surface area contributed by atoms with Crippen LogP contribution in [-0.4, -0.2) is 24.1 Å². The van der Waals surface area contributed by atoms with E-state index in [0.717, 1.165) is 11.8 Å². The van der Waals surface area contributed by atoms with Gasteiger partial charge in [-0.3, -0.25) is 14.5 Å². The molecule has 0 bridgehead atoms. The Morgan fingerprint density at radius 3 is 2.45 bits per heavy atom. The van der Waals surface area contributed by atoms with Crippen molar-refractivity contribution in [1.82, 2.24) is 5.32 Å². The third-order valence-corrected chi connectivity index (χ3v) is 6.35. The molecule has 0 aliphatic carbocycles. The summed E-state index contributed by atoms with van der Waals surface area (Å²) in [5.74, 6) is -0.830. The van der Waals surface area contributed by atoms with Crippen LogP contribution in [-0.2, 0) is 16.0 Å². The van der Waals surface area contributed by atoms with Crippen molar-refractivity contribution in [1.29, 1.82) is 5.26 Å². The van der Waals surface area contributed by atoms with Gasteiger partial charge >= 0.3 is 0 Å². The Kier molecular flexibility index (Phi) is 6.76. The van der Waals surface area contributed by atoms with Gasteiger partial charge in [0.1, 0.15) is 16.7 Å². The molecule has 1 atom stereocenters. The summed E-state index contributed by atoms with van der Waals surface area (Å²) in [4.78, 5) is 26.9. The molecule has 29 heavy (non-hydrogen) atoms. The number of amides is 2. The lowest BCUT2D eigenvalue weighted by Crippen LogP contribution is -2.31. The molecule has 0 radical (unpaired) electrons. The number of likely N-dealkylation sites (N-methyl/N-ethyl adjacent to an activating group) is 1. The lowest BCUT2D eigenvalue weighted by Gasteiger charge is -2.18. The van der Waals surface area contributed by atoms with Crippen LogP contribution in [0.1, 0.15) is 5.56 Å². The van der Waals surface area contributed by atoms with Gasteiger partial charge in [-0.25, -0.2) is 0 Å². The number of thioether (sulfide) groups is 1. The highest BCUT2D eigenvalue weighted by atomic mass is 35.5. The number of nitrogens with zero attached hydrogens (tertiary/aromatic N) is 2. The topological polar surface area (TPSA) is 73.2 Å². The summed E-state index contributed by atoms with van der Waals surface area (Å²) in [6.45, 7) is 0. The zero-order valence-electron chi connectivity index (χ0n) is 15.1. The van der Waals surface area contributed by atoms with Crippen molar-refractivity contribution in [2.24, 2.45) is 0 Å². The van der Waals surface area contributed by atoms with Gasteiger partial charge in [0.15, 0.2) is 0 Å². The number of nitriles is 1. The van der Waals surface area contributed by atoms with Crippen LogP contribution >= 0.6 is 46.6 Å². The van der Waals surface area contributed by atoms with E-state index < -0.39 is 11.2 Å². The number of hydrogen-bond donors (Lipinski definition) is 1. The number of halogens is 3. The van der Waals surface area contributed by atoms with E-state index in [0.29, 0.717) is 32.7 Å². The number of carbonyl (C=O) groups is 2. The summed E-state index contributed by atoms with van der Waals surface area (Å²) in [5, 5.41) is 13.2. The second-order valence-corrected chi connectivity index (χ2v) is 8.54. The molecule has 0 aromatic heterocycles. The first-order valence-electron chi connectivity index (χ1n) is 8.42. The van der Waals surface area contributed by atoms with Crippen molar-refractivity contribution >= 4 is 64.1 Å². The normalized spacial score (nSPS) is 17.8. The van der Waals surface area contributed by atoms with Crippen molar-refractivity contribution in [3.8, 4) is 6.07 Å².